The number of carbonyl (C=O) groups is 1. The number of nitrogen functional groups attached to an aromatic ring is 1. The number of anilines is 2. The van der Waals surface area contributed by atoms with E-state index in [1.807, 2.05) is 0 Å². The number of amides is 1. The van der Waals surface area contributed by atoms with Crippen LogP contribution in [0.25, 0.3) is 0 Å². The van der Waals surface area contributed by atoms with Crippen LogP contribution in [0.4, 0.5) is 11.4 Å². The normalized spacial score (nSPS) is 11.9. The van der Waals surface area contributed by atoms with Crippen molar-refractivity contribution in [3.05, 3.63) is 23.8 Å². The summed E-state index contributed by atoms with van der Waals surface area (Å²) in [4.78, 5) is 11.6. The van der Waals surface area contributed by atoms with Gasteiger partial charge in [0.15, 0.2) is 0 Å². The minimum atomic E-state index is -0.881. The lowest BCUT2D eigenvalue weighted by atomic mass is 10.1. The molecule has 6 nitrogen and oxygen atoms in total. The highest BCUT2D eigenvalue weighted by molar-refractivity contribution is 6.00. The molecule has 1 rings (SSSR count). The Morgan fingerprint density at radius 3 is 2.82 bits per heavy atom. The SMILES string of the molecule is CNC(=O)c1ccc(N)cc1NCC(O)CO. The van der Waals surface area contributed by atoms with Crippen LogP contribution in [0, 0.1) is 0 Å². The second kappa shape index (κ2) is 6.07. The van der Waals surface area contributed by atoms with Crippen molar-refractivity contribution in [2.45, 2.75) is 6.10 Å². The number of rotatable bonds is 5. The molecule has 0 aliphatic carbocycles. The maximum atomic E-state index is 11.6. The van der Waals surface area contributed by atoms with Crippen molar-refractivity contribution in [3.8, 4) is 0 Å². The summed E-state index contributed by atoms with van der Waals surface area (Å²) in [6.07, 6.45) is -0.881. The van der Waals surface area contributed by atoms with Gasteiger partial charge in [-0.1, -0.05) is 0 Å². The lowest BCUT2D eigenvalue weighted by Gasteiger charge is -2.14. The Morgan fingerprint density at radius 2 is 2.24 bits per heavy atom. The van der Waals surface area contributed by atoms with Crippen molar-refractivity contribution in [2.24, 2.45) is 0 Å². The number of nitrogens with two attached hydrogens (primary N) is 1. The smallest absolute Gasteiger partial charge is 0.253 e. The maximum absolute atomic E-state index is 11.6. The van der Waals surface area contributed by atoms with E-state index >= 15 is 0 Å². The molecule has 6 heteroatoms. The van der Waals surface area contributed by atoms with E-state index in [0.717, 1.165) is 0 Å². The van der Waals surface area contributed by atoms with Gasteiger partial charge in [0.05, 0.1) is 18.3 Å². The molecule has 94 valence electrons. The lowest BCUT2D eigenvalue weighted by molar-refractivity contribution is 0.0962. The van der Waals surface area contributed by atoms with Crippen LogP contribution in [-0.4, -0.2) is 42.4 Å². The summed E-state index contributed by atoms with van der Waals surface area (Å²) in [7, 11) is 1.53. The summed E-state index contributed by atoms with van der Waals surface area (Å²) in [5.41, 5.74) is 7.10. The second-order valence-corrected chi connectivity index (χ2v) is 3.60. The summed E-state index contributed by atoms with van der Waals surface area (Å²) in [6.45, 7) is -0.200. The predicted molar refractivity (Wildman–Crippen MR) is 65.8 cm³/mol. The third kappa shape index (κ3) is 3.61. The zero-order valence-electron chi connectivity index (χ0n) is 9.60. The van der Waals surface area contributed by atoms with E-state index < -0.39 is 6.10 Å². The number of carbonyl (C=O) groups excluding carboxylic acids is 1. The molecule has 0 saturated carbocycles. The maximum Gasteiger partial charge on any atom is 0.253 e. The Labute approximate surface area is 99.4 Å². The molecule has 1 aromatic rings. The highest BCUT2D eigenvalue weighted by atomic mass is 16.3. The first kappa shape index (κ1) is 13.3. The first-order valence-electron chi connectivity index (χ1n) is 5.23. The Hall–Kier alpha value is -1.79. The Bertz CT molecular complexity index is 396. The van der Waals surface area contributed by atoms with E-state index in [2.05, 4.69) is 10.6 Å². The van der Waals surface area contributed by atoms with E-state index in [0.29, 0.717) is 16.9 Å². The zero-order chi connectivity index (χ0) is 12.8. The minimum absolute atomic E-state index is 0.143. The molecule has 0 aliphatic rings. The summed E-state index contributed by atoms with van der Waals surface area (Å²) >= 11 is 0. The molecule has 0 bridgehead atoms. The van der Waals surface area contributed by atoms with E-state index in [1.54, 1.807) is 18.2 Å². The van der Waals surface area contributed by atoms with Crippen LogP contribution in [0.3, 0.4) is 0 Å². The average Bonchev–Trinajstić information content (AvgIpc) is 2.35. The first-order chi connectivity index (χ1) is 8.08. The summed E-state index contributed by atoms with van der Waals surface area (Å²) in [5, 5.41) is 23.3. The average molecular weight is 239 g/mol. The van der Waals surface area contributed by atoms with Crippen molar-refractivity contribution in [2.75, 3.05) is 31.2 Å². The molecular weight excluding hydrogens is 222 g/mol. The lowest BCUT2D eigenvalue weighted by Crippen LogP contribution is -2.25. The van der Waals surface area contributed by atoms with Crippen LogP contribution in [0.1, 0.15) is 10.4 Å². The van der Waals surface area contributed by atoms with E-state index in [4.69, 9.17) is 10.8 Å². The number of nitrogens with one attached hydrogen (secondary N) is 2. The van der Waals surface area contributed by atoms with Crippen LogP contribution < -0.4 is 16.4 Å². The summed E-state index contributed by atoms with van der Waals surface area (Å²) in [5.74, 6) is -0.244. The molecule has 0 saturated heterocycles. The molecule has 1 aromatic carbocycles. The van der Waals surface area contributed by atoms with Crippen LogP contribution >= 0.6 is 0 Å². The molecule has 0 aromatic heterocycles. The zero-order valence-corrected chi connectivity index (χ0v) is 9.60. The van der Waals surface area contributed by atoms with Gasteiger partial charge >= 0.3 is 0 Å². The second-order valence-electron chi connectivity index (χ2n) is 3.60. The fourth-order valence-corrected chi connectivity index (χ4v) is 1.33. The molecule has 0 radical (unpaired) electrons. The van der Waals surface area contributed by atoms with Crippen molar-refractivity contribution < 1.29 is 15.0 Å². The summed E-state index contributed by atoms with van der Waals surface area (Å²) < 4.78 is 0. The number of hydrogen-bond donors (Lipinski definition) is 5. The van der Waals surface area contributed by atoms with Gasteiger partial charge in [-0.2, -0.15) is 0 Å². The number of benzene rings is 1. The van der Waals surface area contributed by atoms with Crippen LogP contribution in [0.15, 0.2) is 18.2 Å². The minimum Gasteiger partial charge on any atom is -0.399 e. The van der Waals surface area contributed by atoms with Gasteiger partial charge in [-0.05, 0) is 18.2 Å². The van der Waals surface area contributed by atoms with Gasteiger partial charge in [0, 0.05) is 25.0 Å². The van der Waals surface area contributed by atoms with E-state index in [1.165, 1.54) is 7.05 Å². The molecule has 1 amide bonds. The van der Waals surface area contributed by atoms with Crippen molar-refractivity contribution in [1.29, 1.82) is 0 Å². The van der Waals surface area contributed by atoms with Gasteiger partial charge in [-0.15, -0.1) is 0 Å². The third-order valence-electron chi connectivity index (χ3n) is 2.25. The van der Waals surface area contributed by atoms with Gasteiger partial charge < -0.3 is 26.6 Å². The van der Waals surface area contributed by atoms with Crippen molar-refractivity contribution in [1.82, 2.24) is 5.32 Å². The molecule has 1 atom stereocenters. The van der Waals surface area contributed by atoms with Crippen LogP contribution in [0.2, 0.25) is 0 Å². The van der Waals surface area contributed by atoms with Crippen LogP contribution in [0.5, 0.6) is 0 Å². The van der Waals surface area contributed by atoms with Gasteiger partial charge in [-0.3, -0.25) is 4.79 Å². The predicted octanol–water partition coefficient (Wildman–Crippen LogP) is -0.606. The first-order valence-corrected chi connectivity index (χ1v) is 5.23. The topological polar surface area (TPSA) is 108 Å². The standard InChI is InChI=1S/C11H17N3O3/c1-13-11(17)9-3-2-7(12)4-10(9)14-5-8(16)6-15/h2-4,8,14-16H,5-6,12H2,1H3,(H,13,17). The van der Waals surface area contributed by atoms with Crippen LogP contribution in [-0.2, 0) is 0 Å². The molecule has 0 heterocycles. The highest BCUT2D eigenvalue weighted by Crippen LogP contribution is 2.19. The van der Waals surface area contributed by atoms with E-state index in [-0.39, 0.29) is 19.1 Å². The Morgan fingerprint density at radius 1 is 1.53 bits per heavy atom. The fraction of sp³-hybridized carbons (Fsp3) is 0.364. The van der Waals surface area contributed by atoms with Gasteiger partial charge in [-0.25, -0.2) is 0 Å². The quantitative estimate of drug-likeness (QED) is 0.441. The monoisotopic (exact) mass is 239 g/mol. The molecule has 6 N–H and O–H groups in total. The Balaban J connectivity index is 2.87. The largest absolute Gasteiger partial charge is 0.399 e. The number of aliphatic hydroxyl groups excluding tert-OH is 2. The van der Waals surface area contributed by atoms with Gasteiger partial charge in [0.2, 0.25) is 0 Å². The summed E-state index contributed by atoms with van der Waals surface area (Å²) in [6, 6.07) is 4.83. The Kier molecular flexibility index (Phi) is 4.74. The fourth-order valence-electron chi connectivity index (χ4n) is 1.33. The third-order valence-corrected chi connectivity index (χ3v) is 2.25. The molecule has 0 spiro atoms. The number of hydrogen-bond acceptors (Lipinski definition) is 5. The highest BCUT2D eigenvalue weighted by Gasteiger charge is 2.11. The molecule has 0 aliphatic heterocycles. The van der Waals surface area contributed by atoms with Gasteiger partial charge in [0.1, 0.15) is 0 Å². The van der Waals surface area contributed by atoms with Crippen molar-refractivity contribution in [3.63, 3.8) is 0 Å². The van der Waals surface area contributed by atoms with E-state index in [9.17, 15) is 9.90 Å². The van der Waals surface area contributed by atoms with Crippen molar-refractivity contribution >= 4 is 17.3 Å². The molecule has 1 unspecified atom stereocenters. The molecule has 0 fully saturated rings. The molecule has 17 heavy (non-hydrogen) atoms. The van der Waals surface area contributed by atoms with Gasteiger partial charge in [0.25, 0.3) is 5.91 Å². The molecular formula is C11H17N3O3. The number of aliphatic hydroxyl groups is 2.